The van der Waals surface area contributed by atoms with Crippen LogP contribution in [-0.2, 0) is 9.59 Å². The minimum Gasteiger partial charge on any atom is -0.480 e. The van der Waals surface area contributed by atoms with Gasteiger partial charge in [-0.1, -0.05) is 19.8 Å². The molecule has 2 fully saturated rings. The minimum atomic E-state index is -0.866. The van der Waals surface area contributed by atoms with Crippen molar-refractivity contribution >= 4 is 11.9 Å². The summed E-state index contributed by atoms with van der Waals surface area (Å²) < 4.78 is 0. The van der Waals surface area contributed by atoms with E-state index < -0.39 is 12.0 Å². The lowest BCUT2D eigenvalue weighted by Crippen LogP contribution is -2.59. The third kappa shape index (κ3) is 2.82. The van der Waals surface area contributed by atoms with E-state index in [0.29, 0.717) is 25.3 Å². The Morgan fingerprint density at radius 1 is 1.25 bits per heavy atom. The van der Waals surface area contributed by atoms with Crippen molar-refractivity contribution in [3.8, 4) is 0 Å². The number of hydrogen-bond acceptors (Lipinski definition) is 3. The van der Waals surface area contributed by atoms with E-state index >= 15 is 0 Å². The molecule has 1 heterocycles. The normalized spacial score (nSPS) is 31.5. The number of fused-ring (bicyclic) bond motifs is 1. The fourth-order valence-corrected chi connectivity index (χ4v) is 3.85. The second-order valence-electron chi connectivity index (χ2n) is 6.13. The van der Waals surface area contributed by atoms with Crippen LogP contribution in [0.3, 0.4) is 0 Å². The van der Waals surface area contributed by atoms with Gasteiger partial charge in [-0.05, 0) is 38.0 Å². The zero-order valence-corrected chi connectivity index (χ0v) is 12.3. The first-order valence-electron chi connectivity index (χ1n) is 7.85. The Labute approximate surface area is 120 Å². The number of amides is 1. The summed E-state index contributed by atoms with van der Waals surface area (Å²) in [4.78, 5) is 25.9. The van der Waals surface area contributed by atoms with Crippen molar-refractivity contribution < 1.29 is 14.7 Å². The number of carbonyl (C=O) groups is 2. The zero-order valence-electron chi connectivity index (χ0n) is 12.3. The number of rotatable bonds is 4. The van der Waals surface area contributed by atoms with Crippen LogP contribution in [0.15, 0.2) is 0 Å². The van der Waals surface area contributed by atoms with Crippen molar-refractivity contribution in [1.82, 2.24) is 4.90 Å². The highest BCUT2D eigenvalue weighted by molar-refractivity contribution is 5.85. The number of aliphatic carboxylic acids is 1. The lowest BCUT2D eigenvalue weighted by molar-refractivity contribution is -0.160. The zero-order chi connectivity index (χ0) is 14.7. The van der Waals surface area contributed by atoms with Crippen molar-refractivity contribution in [3.05, 3.63) is 0 Å². The van der Waals surface area contributed by atoms with Crippen molar-refractivity contribution in [2.75, 3.05) is 6.54 Å². The standard InChI is InChI=1S/C15H26N2O3/c1-2-10(9-16)14(18)17-12-6-4-3-5-11(12)7-8-13(17)15(19)20/h10-13H,2-9,16H2,1H3,(H,19,20). The quantitative estimate of drug-likeness (QED) is 0.820. The van der Waals surface area contributed by atoms with E-state index in [0.717, 1.165) is 25.7 Å². The first kappa shape index (κ1) is 15.3. The highest BCUT2D eigenvalue weighted by Crippen LogP contribution is 2.38. The summed E-state index contributed by atoms with van der Waals surface area (Å²) in [5, 5.41) is 9.45. The molecule has 1 saturated carbocycles. The molecule has 2 rings (SSSR count). The van der Waals surface area contributed by atoms with Gasteiger partial charge in [0.05, 0.1) is 5.92 Å². The molecule has 0 radical (unpaired) electrons. The van der Waals surface area contributed by atoms with Crippen LogP contribution in [0.2, 0.25) is 0 Å². The Bertz CT molecular complexity index is 368. The summed E-state index contributed by atoms with van der Waals surface area (Å²) in [6, 6.07) is -0.533. The Morgan fingerprint density at radius 3 is 2.55 bits per heavy atom. The van der Waals surface area contributed by atoms with E-state index in [1.54, 1.807) is 4.90 Å². The summed E-state index contributed by atoms with van der Waals surface area (Å²) in [6.45, 7) is 2.24. The first-order chi connectivity index (χ1) is 9.60. The van der Waals surface area contributed by atoms with E-state index in [4.69, 9.17) is 5.73 Å². The average Bonchev–Trinajstić information content (AvgIpc) is 2.46. The van der Waals surface area contributed by atoms with Crippen LogP contribution in [0.4, 0.5) is 0 Å². The Morgan fingerprint density at radius 2 is 1.95 bits per heavy atom. The molecule has 0 aromatic heterocycles. The van der Waals surface area contributed by atoms with Crippen LogP contribution < -0.4 is 5.73 Å². The van der Waals surface area contributed by atoms with E-state index in [2.05, 4.69) is 0 Å². The van der Waals surface area contributed by atoms with Crippen LogP contribution in [0.5, 0.6) is 0 Å². The molecule has 1 aliphatic heterocycles. The van der Waals surface area contributed by atoms with Crippen molar-refractivity contribution in [3.63, 3.8) is 0 Å². The van der Waals surface area contributed by atoms with Gasteiger partial charge in [0, 0.05) is 12.6 Å². The molecule has 2 aliphatic rings. The molecule has 0 spiro atoms. The number of nitrogens with two attached hydrogens (primary N) is 1. The molecule has 114 valence electrons. The van der Waals surface area contributed by atoms with Crippen molar-refractivity contribution in [2.45, 2.75) is 64.0 Å². The maximum Gasteiger partial charge on any atom is 0.326 e. The number of likely N-dealkylation sites (tertiary alicyclic amines) is 1. The molecule has 5 heteroatoms. The first-order valence-corrected chi connectivity index (χ1v) is 7.85. The molecule has 0 aromatic rings. The Balaban J connectivity index is 2.24. The van der Waals surface area contributed by atoms with Crippen LogP contribution in [-0.4, -0.2) is 40.5 Å². The van der Waals surface area contributed by atoms with E-state index in [-0.39, 0.29) is 17.9 Å². The van der Waals surface area contributed by atoms with Crippen molar-refractivity contribution in [2.24, 2.45) is 17.6 Å². The maximum atomic E-state index is 12.7. The van der Waals surface area contributed by atoms with Gasteiger partial charge in [0.15, 0.2) is 0 Å². The lowest BCUT2D eigenvalue weighted by atomic mass is 9.75. The van der Waals surface area contributed by atoms with E-state index in [1.165, 1.54) is 6.42 Å². The molecule has 0 aromatic carbocycles. The second-order valence-corrected chi connectivity index (χ2v) is 6.13. The molecule has 5 nitrogen and oxygen atoms in total. The van der Waals surface area contributed by atoms with Gasteiger partial charge in [0.1, 0.15) is 6.04 Å². The van der Waals surface area contributed by atoms with Gasteiger partial charge in [-0.2, -0.15) is 0 Å². The van der Waals surface area contributed by atoms with Gasteiger partial charge in [0.2, 0.25) is 5.91 Å². The van der Waals surface area contributed by atoms with Gasteiger partial charge in [-0.25, -0.2) is 4.79 Å². The van der Waals surface area contributed by atoms with Gasteiger partial charge in [-0.3, -0.25) is 4.79 Å². The molecule has 4 unspecified atom stereocenters. The molecule has 3 N–H and O–H groups in total. The SMILES string of the molecule is CCC(CN)C(=O)N1C(C(=O)O)CCC2CCCCC21. The second kappa shape index (κ2) is 6.57. The maximum absolute atomic E-state index is 12.7. The molecule has 1 saturated heterocycles. The average molecular weight is 282 g/mol. The molecular formula is C15H26N2O3. The summed E-state index contributed by atoms with van der Waals surface area (Å²) >= 11 is 0. The highest BCUT2D eigenvalue weighted by atomic mass is 16.4. The Hall–Kier alpha value is -1.10. The predicted octanol–water partition coefficient (Wildman–Crippen LogP) is 1.61. The van der Waals surface area contributed by atoms with Gasteiger partial charge in [0.25, 0.3) is 0 Å². The number of nitrogens with zero attached hydrogens (tertiary/aromatic N) is 1. The summed E-state index contributed by atoms with van der Waals surface area (Å²) in [5.74, 6) is -0.663. The molecule has 1 amide bonds. The number of carboxylic acids is 1. The summed E-state index contributed by atoms with van der Waals surface area (Å²) in [7, 11) is 0. The fourth-order valence-electron chi connectivity index (χ4n) is 3.85. The molecule has 4 atom stereocenters. The van der Waals surface area contributed by atoms with Crippen LogP contribution in [0, 0.1) is 11.8 Å². The predicted molar refractivity (Wildman–Crippen MR) is 76.1 cm³/mol. The Kier molecular flexibility index (Phi) is 5.02. The number of carbonyl (C=O) groups excluding carboxylic acids is 1. The van der Waals surface area contributed by atoms with Crippen LogP contribution in [0.25, 0.3) is 0 Å². The van der Waals surface area contributed by atoms with Crippen LogP contribution >= 0.6 is 0 Å². The largest absolute Gasteiger partial charge is 0.480 e. The number of hydrogen-bond donors (Lipinski definition) is 2. The lowest BCUT2D eigenvalue weighted by Gasteiger charge is -2.48. The van der Waals surface area contributed by atoms with Gasteiger partial charge >= 0.3 is 5.97 Å². The fraction of sp³-hybridized carbons (Fsp3) is 0.867. The minimum absolute atomic E-state index is 0.0426. The smallest absolute Gasteiger partial charge is 0.326 e. The molecule has 20 heavy (non-hydrogen) atoms. The van der Waals surface area contributed by atoms with Gasteiger partial charge in [-0.15, -0.1) is 0 Å². The topological polar surface area (TPSA) is 83.6 Å². The van der Waals surface area contributed by atoms with Crippen LogP contribution in [0.1, 0.15) is 51.9 Å². The molecular weight excluding hydrogens is 256 g/mol. The molecule has 1 aliphatic carbocycles. The van der Waals surface area contributed by atoms with E-state index in [1.807, 2.05) is 6.92 Å². The van der Waals surface area contributed by atoms with Crippen molar-refractivity contribution in [1.29, 1.82) is 0 Å². The van der Waals surface area contributed by atoms with E-state index in [9.17, 15) is 14.7 Å². The number of piperidine rings is 1. The monoisotopic (exact) mass is 282 g/mol. The highest BCUT2D eigenvalue weighted by Gasteiger charge is 2.44. The molecule has 0 bridgehead atoms. The third-order valence-corrected chi connectivity index (χ3v) is 5.04. The van der Waals surface area contributed by atoms with Gasteiger partial charge < -0.3 is 15.7 Å². The summed E-state index contributed by atoms with van der Waals surface area (Å²) in [6.07, 6.45) is 6.57. The third-order valence-electron chi connectivity index (χ3n) is 5.04. The summed E-state index contributed by atoms with van der Waals surface area (Å²) in [5.41, 5.74) is 5.69. The number of carboxylic acid groups (broad SMARTS) is 1.